The van der Waals surface area contributed by atoms with E-state index in [1.54, 1.807) is 23.0 Å². The highest BCUT2D eigenvalue weighted by Crippen LogP contribution is 2.28. The van der Waals surface area contributed by atoms with E-state index in [0.717, 1.165) is 37.1 Å². The van der Waals surface area contributed by atoms with Gasteiger partial charge in [0.15, 0.2) is 0 Å². The lowest BCUT2D eigenvalue weighted by Crippen LogP contribution is -2.48. The number of benzene rings is 2. The number of nitrogens with one attached hydrogen (secondary N) is 1. The van der Waals surface area contributed by atoms with Gasteiger partial charge in [0.2, 0.25) is 5.91 Å². The minimum Gasteiger partial charge on any atom is -0.444 e. The third kappa shape index (κ3) is 5.34. The highest BCUT2D eigenvalue weighted by molar-refractivity contribution is 6.34. The number of likely N-dealkylation sites (N-methyl/N-ethyl adjacent to an activating group) is 1. The number of amides is 2. The van der Waals surface area contributed by atoms with Crippen LogP contribution in [0, 0.1) is 0 Å². The van der Waals surface area contributed by atoms with E-state index < -0.39 is 6.09 Å². The van der Waals surface area contributed by atoms with Gasteiger partial charge in [-0.25, -0.2) is 4.79 Å². The highest BCUT2D eigenvalue weighted by Gasteiger charge is 2.20. The van der Waals surface area contributed by atoms with E-state index >= 15 is 0 Å². The van der Waals surface area contributed by atoms with Crippen molar-refractivity contribution in [1.29, 1.82) is 0 Å². The summed E-state index contributed by atoms with van der Waals surface area (Å²) in [6.45, 7) is 3.52. The van der Waals surface area contributed by atoms with Crippen LogP contribution < -0.4 is 5.32 Å². The van der Waals surface area contributed by atoms with Crippen LogP contribution in [0.25, 0.3) is 10.9 Å². The Morgan fingerprint density at radius 1 is 1.13 bits per heavy atom. The first kappa shape index (κ1) is 21.1. The Morgan fingerprint density at radius 3 is 2.61 bits per heavy atom. The predicted molar refractivity (Wildman–Crippen MR) is 119 cm³/mol. The molecule has 2 aromatic carbocycles. The molecule has 0 spiro atoms. The molecule has 9 heteroatoms. The lowest BCUT2D eigenvalue weighted by Gasteiger charge is -2.32. The third-order valence-electron chi connectivity index (χ3n) is 5.24. The standard InChI is InChI=1S/C22H24ClN5O3/c1-26-7-9-27(10-8-26)21(29)14-28-13-17-11-20(18(23)12-19(17)25-28)24-22(30)31-15-16-5-3-2-4-6-16/h2-6,11-13H,7-10,14-15H2,1H3,(H,24,30). The molecule has 1 N–H and O–H groups in total. The van der Waals surface area contributed by atoms with Crippen molar-refractivity contribution in [3.63, 3.8) is 0 Å². The molecule has 0 bridgehead atoms. The van der Waals surface area contributed by atoms with E-state index in [9.17, 15) is 9.59 Å². The van der Waals surface area contributed by atoms with Gasteiger partial charge in [-0.2, -0.15) is 5.10 Å². The van der Waals surface area contributed by atoms with Gasteiger partial charge in [0.1, 0.15) is 13.2 Å². The third-order valence-corrected chi connectivity index (χ3v) is 5.56. The first-order valence-electron chi connectivity index (χ1n) is 10.1. The van der Waals surface area contributed by atoms with Gasteiger partial charge in [0, 0.05) is 37.8 Å². The summed E-state index contributed by atoms with van der Waals surface area (Å²) in [5, 5.41) is 8.24. The molecule has 162 valence electrons. The summed E-state index contributed by atoms with van der Waals surface area (Å²) < 4.78 is 6.86. The van der Waals surface area contributed by atoms with Crippen molar-refractivity contribution in [3.8, 4) is 0 Å². The molecule has 31 heavy (non-hydrogen) atoms. The Balaban J connectivity index is 1.40. The van der Waals surface area contributed by atoms with Gasteiger partial charge in [0.05, 0.1) is 16.2 Å². The van der Waals surface area contributed by atoms with Crippen molar-refractivity contribution in [2.75, 3.05) is 38.5 Å². The molecule has 1 aliphatic heterocycles. The summed E-state index contributed by atoms with van der Waals surface area (Å²) in [5.74, 6) is 0.0369. The average Bonchev–Trinajstić information content (AvgIpc) is 3.14. The molecule has 0 radical (unpaired) electrons. The molecule has 1 saturated heterocycles. The number of carbonyl (C=O) groups excluding carboxylic acids is 2. The zero-order valence-corrected chi connectivity index (χ0v) is 18.0. The molecule has 2 amide bonds. The Bertz CT molecular complexity index is 1080. The number of ether oxygens (including phenoxy) is 1. The first-order valence-corrected chi connectivity index (χ1v) is 10.5. The summed E-state index contributed by atoms with van der Waals surface area (Å²) >= 11 is 6.32. The molecule has 1 fully saturated rings. The van der Waals surface area contributed by atoms with Crippen molar-refractivity contribution in [2.24, 2.45) is 0 Å². The quantitative estimate of drug-likeness (QED) is 0.657. The fourth-order valence-electron chi connectivity index (χ4n) is 3.44. The van der Waals surface area contributed by atoms with Crippen molar-refractivity contribution in [2.45, 2.75) is 13.2 Å². The number of fused-ring (bicyclic) bond motifs is 1. The fourth-order valence-corrected chi connectivity index (χ4v) is 3.64. The lowest BCUT2D eigenvalue weighted by molar-refractivity contribution is -0.133. The van der Waals surface area contributed by atoms with Crippen LogP contribution in [0.4, 0.5) is 10.5 Å². The van der Waals surface area contributed by atoms with E-state index in [1.807, 2.05) is 35.2 Å². The number of hydrogen-bond acceptors (Lipinski definition) is 5. The SMILES string of the molecule is CN1CCN(C(=O)Cn2cc3cc(NC(=O)OCc4ccccc4)c(Cl)cc3n2)CC1. The Kier molecular flexibility index (Phi) is 6.39. The number of piperazine rings is 1. The topological polar surface area (TPSA) is 79.7 Å². The molecule has 2 heterocycles. The molecule has 0 unspecified atom stereocenters. The van der Waals surface area contributed by atoms with Gasteiger partial charge in [-0.3, -0.25) is 14.8 Å². The largest absolute Gasteiger partial charge is 0.444 e. The number of hydrogen-bond donors (Lipinski definition) is 1. The molecule has 3 aromatic rings. The monoisotopic (exact) mass is 441 g/mol. The van der Waals surface area contributed by atoms with E-state index in [-0.39, 0.29) is 19.1 Å². The Hall–Kier alpha value is -3.10. The molecular weight excluding hydrogens is 418 g/mol. The number of nitrogens with zero attached hydrogens (tertiary/aromatic N) is 4. The van der Waals surface area contributed by atoms with E-state index in [1.165, 1.54) is 0 Å². The Morgan fingerprint density at radius 2 is 1.87 bits per heavy atom. The first-order chi connectivity index (χ1) is 15.0. The normalized spacial score (nSPS) is 14.6. The second-order valence-electron chi connectivity index (χ2n) is 7.59. The zero-order chi connectivity index (χ0) is 21.8. The number of aromatic nitrogens is 2. The van der Waals surface area contributed by atoms with Gasteiger partial charge in [-0.05, 0) is 24.7 Å². The maximum atomic E-state index is 12.6. The Labute approximate surface area is 185 Å². The van der Waals surface area contributed by atoms with Crippen LogP contribution >= 0.6 is 11.6 Å². The molecule has 0 saturated carbocycles. The minimum absolute atomic E-state index is 0.0369. The van der Waals surface area contributed by atoms with Gasteiger partial charge >= 0.3 is 6.09 Å². The molecule has 1 aromatic heterocycles. The second-order valence-corrected chi connectivity index (χ2v) is 8.00. The van der Waals surface area contributed by atoms with E-state index in [2.05, 4.69) is 22.4 Å². The maximum Gasteiger partial charge on any atom is 0.412 e. The van der Waals surface area contributed by atoms with Gasteiger partial charge in [-0.1, -0.05) is 41.9 Å². The van der Waals surface area contributed by atoms with Crippen LogP contribution in [0.5, 0.6) is 0 Å². The molecular formula is C22H24ClN5O3. The molecule has 1 aliphatic rings. The highest BCUT2D eigenvalue weighted by atomic mass is 35.5. The molecule has 0 atom stereocenters. The summed E-state index contributed by atoms with van der Waals surface area (Å²) in [6, 6.07) is 12.8. The summed E-state index contributed by atoms with van der Waals surface area (Å²) in [5.41, 5.74) is 1.97. The van der Waals surface area contributed by atoms with Crippen molar-refractivity contribution >= 4 is 40.2 Å². The number of carbonyl (C=O) groups is 2. The number of anilines is 1. The average molecular weight is 442 g/mol. The van der Waals surface area contributed by atoms with Crippen LogP contribution in [0.2, 0.25) is 5.02 Å². The number of halogens is 1. The van der Waals surface area contributed by atoms with Gasteiger partial charge in [-0.15, -0.1) is 0 Å². The van der Waals surface area contributed by atoms with Crippen LogP contribution in [0.1, 0.15) is 5.56 Å². The lowest BCUT2D eigenvalue weighted by atomic mass is 10.2. The van der Waals surface area contributed by atoms with Crippen molar-refractivity contribution in [3.05, 3.63) is 59.2 Å². The molecule has 4 rings (SSSR count). The molecule has 0 aliphatic carbocycles. The smallest absolute Gasteiger partial charge is 0.412 e. The van der Waals surface area contributed by atoms with Crippen molar-refractivity contribution in [1.82, 2.24) is 19.6 Å². The van der Waals surface area contributed by atoms with E-state index in [4.69, 9.17) is 16.3 Å². The van der Waals surface area contributed by atoms with Gasteiger partial charge < -0.3 is 14.5 Å². The van der Waals surface area contributed by atoms with Crippen LogP contribution in [-0.4, -0.2) is 64.8 Å². The number of rotatable bonds is 5. The maximum absolute atomic E-state index is 12.6. The van der Waals surface area contributed by atoms with Crippen molar-refractivity contribution < 1.29 is 14.3 Å². The van der Waals surface area contributed by atoms with Crippen LogP contribution in [-0.2, 0) is 22.7 Å². The summed E-state index contributed by atoms with van der Waals surface area (Å²) in [4.78, 5) is 28.8. The van der Waals surface area contributed by atoms with Crippen LogP contribution in [0.15, 0.2) is 48.7 Å². The summed E-state index contributed by atoms with van der Waals surface area (Å²) in [7, 11) is 2.05. The predicted octanol–water partition coefficient (Wildman–Crippen LogP) is 3.21. The van der Waals surface area contributed by atoms with Gasteiger partial charge in [0.25, 0.3) is 0 Å². The summed E-state index contributed by atoms with van der Waals surface area (Å²) in [6.07, 6.45) is 1.18. The minimum atomic E-state index is -0.595. The fraction of sp³-hybridized carbons (Fsp3) is 0.318. The molecule has 8 nitrogen and oxygen atoms in total. The zero-order valence-electron chi connectivity index (χ0n) is 17.3. The van der Waals surface area contributed by atoms with Crippen LogP contribution in [0.3, 0.4) is 0 Å². The second kappa shape index (κ2) is 9.36. The van der Waals surface area contributed by atoms with E-state index in [0.29, 0.717) is 16.2 Å².